The highest BCUT2D eigenvalue weighted by molar-refractivity contribution is 5.13. The fourth-order valence-corrected chi connectivity index (χ4v) is 6.78. The Balaban J connectivity index is 1.42. The zero-order chi connectivity index (χ0) is 21.2. The Labute approximate surface area is 188 Å². The summed E-state index contributed by atoms with van der Waals surface area (Å²) in [4.78, 5) is 0. The first-order valence-electron chi connectivity index (χ1n) is 13.7. The molecule has 0 amide bonds. The van der Waals surface area contributed by atoms with Crippen LogP contribution in [0.1, 0.15) is 116 Å². The fraction of sp³-hybridized carbons (Fsp3) is 0.800. The number of rotatable bonds is 10. The van der Waals surface area contributed by atoms with Crippen LogP contribution in [0.4, 0.5) is 0 Å². The van der Waals surface area contributed by atoms with E-state index in [4.69, 9.17) is 6.58 Å². The summed E-state index contributed by atoms with van der Waals surface area (Å²) in [6.07, 6.45) is 31.3. The molecule has 0 aromatic rings. The van der Waals surface area contributed by atoms with Crippen molar-refractivity contribution < 1.29 is 0 Å². The lowest BCUT2D eigenvalue weighted by atomic mass is 9.68. The van der Waals surface area contributed by atoms with E-state index >= 15 is 0 Å². The van der Waals surface area contributed by atoms with Crippen molar-refractivity contribution in [3.8, 4) is 0 Å². The predicted octanol–water partition coefficient (Wildman–Crippen LogP) is 9.67. The van der Waals surface area contributed by atoms with Crippen molar-refractivity contribution >= 4 is 0 Å². The lowest BCUT2D eigenvalue weighted by Crippen LogP contribution is -2.26. The second-order valence-electron chi connectivity index (χ2n) is 11.0. The maximum absolute atomic E-state index is 4.71. The summed E-state index contributed by atoms with van der Waals surface area (Å²) >= 11 is 0. The van der Waals surface area contributed by atoms with Crippen molar-refractivity contribution in [3.05, 3.63) is 37.0 Å². The molecule has 170 valence electrons. The lowest BCUT2D eigenvalue weighted by Gasteiger charge is -2.37. The Bertz CT molecular complexity index is 524. The van der Waals surface area contributed by atoms with Crippen molar-refractivity contribution in [1.29, 1.82) is 0 Å². The molecule has 2 unspecified atom stereocenters. The van der Waals surface area contributed by atoms with Crippen molar-refractivity contribution in [2.75, 3.05) is 0 Å². The first-order valence-corrected chi connectivity index (χ1v) is 13.7. The van der Waals surface area contributed by atoms with Crippen molar-refractivity contribution in [1.82, 2.24) is 0 Å². The van der Waals surface area contributed by atoms with Crippen LogP contribution < -0.4 is 0 Å². The molecule has 3 rings (SSSR count). The van der Waals surface area contributed by atoms with Gasteiger partial charge in [0.25, 0.3) is 0 Å². The molecule has 0 saturated heterocycles. The van der Waals surface area contributed by atoms with Gasteiger partial charge in [-0.05, 0) is 113 Å². The third-order valence-corrected chi connectivity index (χ3v) is 8.98. The van der Waals surface area contributed by atoms with Gasteiger partial charge in [0.1, 0.15) is 0 Å². The van der Waals surface area contributed by atoms with E-state index in [9.17, 15) is 0 Å². The van der Waals surface area contributed by atoms with Crippen molar-refractivity contribution in [3.63, 3.8) is 0 Å². The molecule has 30 heavy (non-hydrogen) atoms. The smallest absolute Gasteiger partial charge is 0.0140 e. The highest BCUT2D eigenvalue weighted by atomic mass is 14.4. The standard InChI is InChI=1S/C30H50/c1-4-6-11-26-20-22-28(23-21-26)24(3)30-15-10-9-14-29(30)13-8-7-12-27-18-16-25(5-2)17-19-27/h5,8,13,25-30H,2-4,6-7,9-12,14-23H2,1H3/b13-8+. The summed E-state index contributed by atoms with van der Waals surface area (Å²) in [5.74, 6) is 5.15. The third-order valence-electron chi connectivity index (χ3n) is 8.98. The van der Waals surface area contributed by atoms with Crippen LogP contribution in [-0.2, 0) is 0 Å². The van der Waals surface area contributed by atoms with E-state index < -0.39 is 0 Å². The predicted molar refractivity (Wildman–Crippen MR) is 134 cm³/mol. The summed E-state index contributed by atoms with van der Waals surface area (Å²) in [5, 5.41) is 0. The van der Waals surface area contributed by atoms with Crippen LogP contribution >= 0.6 is 0 Å². The summed E-state index contributed by atoms with van der Waals surface area (Å²) < 4.78 is 0. The second-order valence-corrected chi connectivity index (χ2v) is 11.0. The van der Waals surface area contributed by atoms with Gasteiger partial charge < -0.3 is 0 Å². The van der Waals surface area contributed by atoms with Crippen LogP contribution in [0.2, 0.25) is 0 Å². The summed E-state index contributed by atoms with van der Waals surface area (Å²) in [6, 6.07) is 0. The first kappa shape index (κ1) is 23.9. The zero-order valence-corrected chi connectivity index (χ0v) is 20.1. The molecule has 0 aliphatic heterocycles. The average molecular weight is 411 g/mol. The van der Waals surface area contributed by atoms with Gasteiger partial charge in [-0.3, -0.25) is 0 Å². The molecule has 2 atom stereocenters. The molecule has 0 radical (unpaired) electrons. The van der Waals surface area contributed by atoms with Crippen LogP contribution in [-0.4, -0.2) is 0 Å². The Kier molecular flexibility index (Phi) is 10.3. The van der Waals surface area contributed by atoms with E-state index in [1.54, 1.807) is 5.57 Å². The number of hydrogen-bond donors (Lipinski definition) is 0. The maximum Gasteiger partial charge on any atom is -0.0140 e. The van der Waals surface area contributed by atoms with Gasteiger partial charge in [0.2, 0.25) is 0 Å². The number of allylic oxidation sites excluding steroid dienone is 4. The molecule has 0 aromatic carbocycles. The van der Waals surface area contributed by atoms with E-state index in [-0.39, 0.29) is 0 Å². The molecule has 3 saturated carbocycles. The fourth-order valence-electron chi connectivity index (χ4n) is 6.78. The van der Waals surface area contributed by atoms with Gasteiger partial charge in [-0.2, -0.15) is 0 Å². The van der Waals surface area contributed by atoms with Gasteiger partial charge in [0, 0.05) is 0 Å². The Morgan fingerprint density at radius 2 is 1.50 bits per heavy atom. The molecular formula is C30H50. The monoisotopic (exact) mass is 410 g/mol. The largest absolute Gasteiger partial charge is 0.103 e. The van der Waals surface area contributed by atoms with E-state index in [1.807, 2.05) is 0 Å². The molecule has 0 spiro atoms. The molecule has 3 aliphatic carbocycles. The van der Waals surface area contributed by atoms with Crippen LogP contribution in [0.5, 0.6) is 0 Å². The van der Waals surface area contributed by atoms with Crippen LogP contribution in [0, 0.1) is 35.5 Å². The highest BCUT2D eigenvalue weighted by Crippen LogP contribution is 2.43. The van der Waals surface area contributed by atoms with Crippen molar-refractivity contribution in [2.45, 2.75) is 116 Å². The van der Waals surface area contributed by atoms with Crippen LogP contribution in [0.15, 0.2) is 37.0 Å². The van der Waals surface area contributed by atoms with Crippen molar-refractivity contribution in [2.24, 2.45) is 35.5 Å². The molecule has 3 aliphatic rings. The molecule has 0 nitrogen and oxygen atoms in total. The minimum absolute atomic E-state index is 0.773. The van der Waals surface area contributed by atoms with E-state index in [0.717, 1.165) is 35.5 Å². The molecule has 0 heterocycles. The van der Waals surface area contributed by atoms with Gasteiger partial charge in [0.05, 0.1) is 0 Å². The van der Waals surface area contributed by atoms with Crippen LogP contribution in [0.25, 0.3) is 0 Å². The van der Waals surface area contributed by atoms with Gasteiger partial charge in [-0.15, -0.1) is 6.58 Å². The van der Waals surface area contributed by atoms with Crippen LogP contribution in [0.3, 0.4) is 0 Å². The average Bonchev–Trinajstić information content (AvgIpc) is 2.81. The van der Waals surface area contributed by atoms with Gasteiger partial charge in [-0.1, -0.05) is 69.4 Å². The Morgan fingerprint density at radius 1 is 0.833 bits per heavy atom. The van der Waals surface area contributed by atoms with Gasteiger partial charge in [0.15, 0.2) is 0 Å². The van der Waals surface area contributed by atoms with E-state index in [0.29, 0.717) is 0 Å². The van der Waals surface area contributed by atoms with E-state index in [2.05, 4.69) is 31.7 Å². The molecule has 0 N–H and O–H groups in total. The second kappa shape index (κ2) is 12.9. The summed E-state index contributed by atoms with van der Waals surface area (Å²) in [6.45, 7) is 11.0. The normalized spacial score (nSPS) is 35.4. The summed E-state index contributed by atoms with van der Waals surface area (Å²) in [5.41, 5.74) is 1.64. The van der Waals surface area contributed by atoms with E-state index in [1.165, 1.54) is 109 Å². The first-order chi connectivity index (χ1) is 14.7. The molecule has 0 bridgehead atoms. The molecule has 0 aromatic heterocycles. The quantitative estimate of drug-likeness (QED) is 0.314. The zero-order valence-electron chi connectivity index (χ0n) is 20.1. The Morgan fingerprint density at radius 3 is 2.20 bits per heavy atom. The highest BCUT2D eigenvalue weighted by Gasteiger charge is 2.31. The van der Waals surface area contributed by atoms with Gasteiger partial charge >= 0.3 is 0 Å². The molecular weight excluding hydrogens is 360 g/mol. The third kappa shape index (κ3) is 7.13. The lowest BCUT2D eigenvalue weighted by molar-refractivity contribution is 0.243. The summed E-state index contributed by atoms with van der Waals surface area (Å²) in [7, 11) is 0. The minimum atomic E-state index is 0.773. The molecule has 3 fully saturated rings. The molecule has 0 heteroatoms. The Hall–Kier alpha value is -0.780. The number of unbranched alkanes of at least 4 members (excludes halogenated alkanes) is 1. The number of hydrogen-bond acceptors (Lipinski definition) is 0. The maximum atomic E-state index is 4.71. The SMILES string of the molecule is C=CC1CCC(CC/C=C/C2CCCCC2C(=C)C2CCC(CCCC)CC2)CC1. The minimum Gasteiger partial charge on any atom is -0.103 e. The topological polar surface area (TPSA) is 0 Å². The van der Waals surface area contributed by atoms with Gasteiger partial charge in [-0.25, -0.2) is 0 Å².